The Balaban J connectivity index is 1.45. The third-order valence-corrected chi connectivity index (χ3v) is 6.78. The normalized spacial score (nSPS) is 20.8. The van der Waals surface area contributed by atoms with E-state index in [1.165, 1.54) is 10.1 Å². The second-order valence-electron chi connectivity index (χ2n) is 8.54. The largest absolute Gasteiger partial charge is 0.349 e. The number of aromatic amines is 1. The summed E-state index contributed by atoms with van der Waals surface area (Å²) in [6.45, 7) is 8.11. The number of nitrogens with zero attached hydrogens (tertiary/aromatic N) is 7. The summed E-state index contributed by atoms with van der Waals surface area (Å²) < 4.78 is 1.43. The van der Waals surface area contributed by atoms with Crippen molar-refractivity contribution in [2.75, 3.05) is 18.0 Å². The molecule has 1 aliphatic heterocycles. The molecule has 1 saturated heterocycles. The maximum Gasteiger partial charge on any atom is 0.349 e. The van der Waals surface area contributed by atoms with Crippen molar-refractivity contribution in [3.63, 3.8) is 0 Å². The van der Waals surface area contributed by atoms with E-state index in [2.05, 4.69) is 67.9 Å². The van der Waals surface area contributed by atoms with Crippen molar-refractivity contribution in [3.05, 3.63) is 51.8 Å². The molecule has 3 aromatic heterocycles. The predicted molar refractivity (Wildman–Crippen MR) is 125 cm³/mol. The van der Waals surface area contributed by atoms with Gasteiger partial charge in [-0.05, 0) is 38.5 Å². The fraction of sp³-hybridized carbons (Fsp3) is 0.409. The minimum Gasteiger partial charge on any atom is -0.349 e. The van der Waals surface area contributed by atoms with Crippen molar-refractivity contribution in [1.29, 1.82) is 0 Å². The van der Waals surface area contributed by atoms with E-state index in [0.29, 0.717) is 22.0 Å². The SMILES string of the molecule is C[C@@H]1CN(c2nc(=O)n(C)c3c(Cl)[nH]nc23)[C@@H](C)CN1[C@@H](C)c1ccc2nccnc2c1. The highest BCUT2D eigenvalue weighted by Gasteiger charge is 2.34. The molecule has 4 heterocycles. The molecule has 0 bridgehead atoms. The molecule has 5 rings (SSSR count). The van der Waals surface area contributed by atoms with E-state index in [9.17, 15) is 4.79 Å². The smallest absolute Gasteiger partial charge is 0.349 e. The van der Waals surface area contributed by atoms with Crippen molar-refractivity contribution in [2.24, 2.45) is 7.05 Å². The molecule has 3 atom stereocenters. The highest BCUT2D eigenvalue weighted by molar-refractivity contribution is 6.34. The second-order valence-corrected chi connectivity index (χ2v) is 8.92. The molecule has 0 spiro atoms. The Morgan fingerprint density at radius 3 is 2.66 bits per heavy atom. The number of aryl methyl sites for hydroxylation is 1. The number of piperazine rings is 1. The lowest BCUT2D eigenvalue weighted by Crippen LogP contribution is -2.57. The van der Waals surface area contributed by atoms with Crippen LogP contribution in [0.2, 0.25) is 5.15 Å². The van der Waals surface area contributed by atoms with Crippen molar-refractivity contribution in [1.82, 2.24) is 34.6 Å². The summed E-state index contributed by atoms with van der Waals surface area (Å²) in [7, 11) is 1.66. The lowest BCUT2D eigenvalue weighted by atomic mass is 10.00. The van der Waals surface area contributed by atoms with E-state index in [4.69, 9.17) is 11.6 Å². The summed E-state index contributed by atoms with van der Waals surface area (Å²) in [5, 5.41) is 7.46. The van der Waals surface area contributed by atoms with Crippen LogP contribution in [-0.4, -0.2) is 59.8 Å². The molecular formula is C22H25ClN8O. The number of hydrogen-bond donors (Lipinski definition) is 1. The number of nitrogens with one attached hydrogen (secondary N) is 1. The van der Waals surface area contributed by atoms with Crippen LogP contribution in [0.3, 0.4) is 0 Å². The van der Waals surface area contributed by atoms with Crippen LogP contribution in [0, 0.1) is 0 Å². The van der Waals surface area contributed by atoms with Gasteiger partial charge in [0.2, 0.25) is 0 Å². The number of anilines is 1. The summed E-state index contributed by atoms with van der Waals surface area (Å²) >= 11 is 6.26. The van der Waals surface area contributed by atoms with Gasteiger partial charge < -0.3 is 4.90 Å². The van der Waals surface area contributed by atoms with Crippen LogP contribution in [-0.2, 0) is 7.05 Å². The van der Waals surface area contributed by atoms with E-state index >= 15 is 0 Å². The molecule has 9 nitrogen and oxygen atoms in total. The van der Waals surface area contributed by atoms with Crippen LogP contribution < -0.4 is 10.6 Å². The molecule has 10 heteroatoms. The highest BCUT2D eigenvalue weighted by atomic mass is 35.5. The van der Waals surface area contributed by atoms with Gasteiger partial charge in [0.05, 0.1) is 11.0 Å². The fourth-order valence-electron chi connectivity index (χ4n) is 4.71. The number of benzene rings is 1. The van der Waals surface area contributed by atoms with Gasteiger partial charge in [0.25, 0.3) is 0 Å². The maximum atomic E-state index is 12.5. The Morgan fingerprint density at radius 2 is 1.88 bits per heavy atom. The first-order valence-corrected chi connectivity index (χ1v) is 11.1. The average molecular weight is 453 g/mol. The summed E-state index contributed by atoms with van der Waals surface area (Å²) in [5.74, 6) is 0.582. The molecule has 1 fully saturated rings. The predicted octanol–water partition coefficient (Wildman–Crippen LogP) is 2.91. The molecule has 1 N–H and O–H groups in total. The van der Waals surface area contributed by atoms with Crippen LogP contribution in [0.1, 0.15) is 32.4 Å². The van der Waals surface area contributed by atoms with Gasteiger partial charge in [-0.1, -0.05) is 17.7 Å². The van der Waals surface area contributed by atoms with E-state index in [1.54, 1.807) is 19.4 Å². The molecule has 32 heavy (non-hydrogen) atoms. The molecule has 0 aliphatic carbocycles. The number of aromatic nitrogens is 6. The van der Waals surface area contributed by atoms with Gasteiger partial charge in [-0.2, -0.15) is 10.1 Å². The van der Waals surface area contributed by atoms with Crippen molar-refractivity contribution >= 4 is 39.5 Å². The summed E-state index contributed by atoms with van der Waals surface area (Å²) in [6, 6.07) is 6.84. The first-order valence-electron chi connectivity index (χ1n) is 10.7. The summed E-state index contributed by atoms with van der Waals surface area (Å²) in [4.78, 5) is 30.3. The Bertz CT molecular complexity index is 1370. The molecule has 166 valence electrons. The Labute approximate surface area is 190 Å². The first-order chi connectivity index (χ1) is 15.3. The number of H-pyrrole nitrogens is 1. The zero-order chi connectivity index (χ0) is 22.6. The zero-order valence-corrected chi connectivity index (χ0v) is 19.2. The van der Waals surface area contributed by atoms with Gasteiger partial charge in [0.15, 0.2) is 11.3 Å². The van der Waals surface area contributed by atoms with Crippen molar-refractivity contribution in [3.8, 4) is 0 Å². The van der Waals surface area contributed by atoms with E-state index in [0.717, 1.165) is 24.1 Å². The van der Waals surface area contributed by atoms with Gasteiger partial charge >= 0.3 is 5.69 Å². The van der Waals surface area contributed by atoms with E-state index < -0.39 is 0 Å². The molecule has 0 saturated carbocycles. The van der Waals surface area contributed by atoms with Crippen LogP contribution in [0.25, 0.3) is 22.1 Å². The van der Waals surface area contributed by atoms with Gasteiger partial charge in [-0.25, -0.2) is 4.79 Å². The van der Waals surface area contributed by atoms with E-state index in [1.807, 2.05) is 6.07 Å². The van der Waals surface area contributed by atoms with Crippen LogP contribution >= 0.6 is 11.6 Å². The molecule has 4 aromatic rings. The Hall–Kier alpha value is -3.04. The van der Waals surface area contributed by atoms with Crippen molar-refractivity contribution < 1.29 is 0 Å². The highest BCUT2D eigenvalue weighted by Crippen LogP contribution is 2.32. The Kier molecular flexibility index (Phi) is 5.10. The first kappa shape index (κ1) is 20.8. The quantitative estimate of drug-likeness (QED) is 0.510. The molecule has 0 amide bonds. The lowest BCUT2D eigenvalue weighted by molar-refractivity contribution is 0.119. The molecule has 1 aliphatic rings. The zero-order valence-electron chi connectivity index (χ0n) is 18.4. The number of hydrogen-bond acceptors (Lipinski definition) is 7. The minimum absolute atomic E-state index is 0.132. The average Bonchev–Trinajstić information content (AvgIpc) is 3.18. The lowest BCUT2D eigenvalue weighted by Gasteiger charge is -2.47. The third-order valence-electron chi connectivity index (χ3n) is 6.51. The fourth-order valence-corrected chi connectivity index (χ4v) is 4.97. The molecule has 0 radical (unpaired) electrons. The van der Waals surface area contributed by atoms with Gasteiger partial charge in [0.1, 0.15) is 10.7 Å². The molecule has 1 aromatic carbocycles. The summed E-state index contributed by atoms with van der Waals surface area (Å²) in [6.07, 6.45) is 3.43. The maximum absolute atomic E-state index is 12.5. The van der Waals surface area contributed by atoms with Gasteiger partial charge in [0, 0.05) is 50.7 Å². The third kappa shape index (κ3) is 3.32. The minimum atomic E-state index is -0.344. The Morgan fingerprint density at radius 1 is 1.12 bits per heavy atom. The number of fused-ring (bicyclic) bond motifs is 2. The van der Waals surface area contributed by atoms with Gasteiger partial charge in [-0.3, -0.25) is 24.5 Å². The number of rotatable bonds is 3. The van der Waals surface area contributed by atoms with E-state index in [-0.39, 0.29) is 23.8 Å². The molecular weight excluding hydrogens is 428 g/mol. The van der Waals surface area contributed by atoms with Crippen LogP contribution in [0.5, 0.6) is 0 Å². The molecule has 0 unspecified atom stereocenters. The second kappa shape index (κ2) is 7.83. The standard InChI is InChI=1S/C22H25ClN8O/c1-12-11-31(21-18-19(20(23)28-27-18)29(4)22(32)26-21)13(2)10-30(12)14(3)15-5-6-16-17(9-15)25-8-7-24-16/h5-9,12-14H,10-11H2,1-4H3,(H,27,28)/t12-,13+,14+/m1/s1. The number of halogens is 1. The van der Waals surface area contributed by atoms with Crippen molar-refractivity contribution in [2.45, 2.75) is 38.9 Å². The summed E-state index contributed by atoms with van der Waals surface area (Å²) in [5.41, 5.74) is 3.86. The topological polar surface area (TPSA) is 95.8 Å². The van der Waals surface area contributed by atoms with Gasteiger partial charge in [-0.15, -0.1) is 0 Å². The monoisotopic (exact) mass is 452 g/mol. The van der Waals surface area contributed by atoms with Crippen LogP contribution in [0.15, 0.2) is 35.4 Å². The van der Waals surface area contributed by atoms with Crippen LogP contribution in [0.4, 0.5) is 5.82 Å².